The summed E-state index contributed by atoms with van der Waals surface area (Å²) >= 11 is 0. The molecule has 0 amide bonds. The van der Waals surface area contributed by atoms with Gasteiger partial charge in [0.05, 0.1) is 7.11 Å². The van der Waals surface area contributed by atoms with Crippen LogP contribution in [0, 0.1) is 11.6 Å². The molecular weight excluding hydrogens is 272 g/mol. The van der Waals surface area contributed by atoms with E-state index in [1.54, 1.807) is 13.2 Å². The van der Waals surface area contributed by atoms with Crippen LogP contribution in [0.1, 0.15) is 11.1 Å². The molecule has 0 aliphatic heterocycles. The zero-order valence-electron chi connectivity index (χ0n) is 12.2. The van der Waals surface area contributed by atoms with Crippen molar-refractivity contribution in [1.82, 2.24) is 5.32 Å². The number of hydrogen-bond acceptors (Lipinski definition) is 2. The van der Waals surface area contributed by atoms with Crippen molar-refractivity contribution in [1.29, 1.82) is 0 Å². The first-order valence-electron chi connectivity index (χ1n) is 6.87. The lowest BCUT2D eigenvalue weighted by Crippen LogP contribution is -2.30. The van der Waals surface area contributed by atoms with Crippen LogP contribution < -0.4 is 10.1 Å². The normalized spacial score (nSPS) is 12.2. The van der Waals surface area contributed by atoms with Crippen LogP contribution in [-0.4, -0.2) is 20.2 Å². The molecule has 0 spiro atoms. The minimum atomic E-state index is -0.806. The quantitative estimate of drug-likeness (QED) is 0.881. The van der Waals surface area contributed by atoms with Gasteiger partial charge in [-0.3, -0.25) is 0 Å². The Morgan fingerprint density at radius 2 is 1.67 bits per heavy atom. The van der Waals surface area contributed by atoms with E-state index < -0.39 is 11.6 Å². The van der Waals surface area contributed by atoms with Crippen LogP contribution in [0.3, 0.4) is 0 Å². The van der Waals surface area contributed by atoms with Gasteiger partial charge >= 0.3 is 0 Å². The Kier molecular flexibility index (Phi) is 5.28. The number of benzene rings is 2. The van der Waals surface area contributed by atoms with Crippen molar-refractivity contribution >= 4 is 0 Å². The molecule has 112 valence electrons. The van der Waals surface area contributed by atoms with Crippen LogP contribution in [0.4, 0.5) is 8.78 Å². The molecule has 1 atom stereocenters. The highest BCUT2D eigenvalue weighted by Crippen LogP contribution is 2.21. The number of hydrogen-bond donors (Lipinski definition) is 1. The molecule has 0 radical (unpaired) electrons. The molecule has 1 N–H and O–H groups in total. The third-order valence-corrected chi connectivity index (χ3v) is 3.56. The Bertz CT molecular complexity index is 601. The largest absolute Gasteiger partial charge is 0.496 e. The summed E-state index contributed by atoms with van der Waals surface area (Å²) < 4.78 is 32.3. The number of halogens is 2. The molecule has 2 nitrogen and oxygen atoms in total. The minimum Gasteiger partial charge on any atom is -0.496 e. The van der Waals surface area contributed by atoms with E-state index in [4.69, 9.17) is 4.74 Å². The number of rotatable bonds is 6. The third kappa shape index (κ3) is 3.79. The van der Waals surface area contributed by atoms with Crippen LogP contribution >= 0.6 is 0 Å². The van der Waals surface area contributed by atoms with Crippen LogP contribution in [0.25, 0.3) is 0 Å². The summed E-state index contributed by atoms with van der Waals surface area (Å²) in [4.78, 5) is 0. The number of ether oxygens (including phenoxy) is 1. The molecule has 0 aromatic heterocycles. The molecule has 0 saturated carbocycles. The molecule has 21 heavy (non-hydrogen) atoms. The molecule has 0 bridgehead atoms. The van der Waals surface area contributed by atoms with Crippen molar-refractivity contribution < 1.29 is 13.5 Å². The lowest BCUT2D eigenvalue weighted by atomic mass is 9.98. The maximum atomic E-state index is 13.8. The van der Waals surface area contributed by atoms with Gasteiger partial charge in [-0.05, 0) is 43.1 Å². The van der Waals surface area contributed by atoms with Gasteiger partial charge in [0.25, 0.3) is 0 Å². The summed E-state index contributed by atoms with van der Waals surface area (Å²) in [6, 6.07) is 12.0. The Morgan fingerprint density at radius 1 is 1.00 bits per heavy atom. The molecule has 0 heterocycles. The zero-order chi connectivity index (χ0) is 15.2. The van der Waals surface area contributed by atoms with Crippen LogP contribution in [0.5, 0.6) is 5.75 Å². The van der Waals surface area contributed by atoms with E-state index >= 15 is 0 Å². The van der Waals surface area contributed by atoms with Crippen LogP contribution in [-0.2, 0) is 12.8 Å². The molecule has 0 aliphatic rings. The van der Waals surface area contributed by atoms with Gasteiger partial charge in [0.15, 0.2) is 11.6 Å². The average molecular weight is 291 g/mol. The number of methoxy groups -OCH3 is 1. The van der Waals surface area contributed by atoms with Gasteiger partial charge in [-0.15, -0.1) is 0 Å². The Balaban J connectivity index is 2.15. The third-order valence-electron chi connectivity index (χ3n) is 3.56. The fourth-order valence-electron chi connectivity index (χ4n) is 2.38. The highest BCUT2D eigenvalue weighted by Gasteiger charge is 2.15. The van der Waals surface area contributed by atoms with Crippen molar-refractivity contribution in [2.75, 3.05) is 14.2 Å². The molecule has 0 aliphatic carbocycles. The number of nitrogens with one attached hydrogen (secondary N) is 1. The van der Waals surface area contributed by atoms with Crippen molar-refractivity contribution in [2.24, 2.45) is 0 Å². The predicted octanol–water partition coefficient (Wildman–Crippen LogP) is 3.35. The smallest absolute Gasteiger partial charge is 0.162 e. The second kappa shape index (κ2) is 7.18. The maximum Gasteiger partial charge on any atom is 0.162 e. The fraction of sp³-hybridized carbons (Fsp3) is 0.294. The second-order valence-electron chi connectivity index (χ2n) is 4.92. The Morgan fingerprint density at radius 3 is 2.38 bits per heavy atom. The summed E-state index contributed by atoms with van der Waals surface area (Å²) in [5.41, 5.74) is 1.42. The second-order valence-corrected chi connectivity index (χ2v) is 4.92. The molecule has 4 heteroatoms. The van der Waals surface area contributed by atoms with E-state index in [9.17, 15) is 8.78 Å². The van der Waals surface area contributed by atoms with Gasteiger partial charge in [-0.25, -0.2) is 8.78 Å². The first-order valence-corrected chi connectivity index (χ1v) is 6.87. The summed E-state index contributed by atoms with van der Waals surface area (Å²) in [6.07, 6.45) is 1.09. The average Bonchev–Trinajstić information content (AvgIpc) is 2.51. The Hall–Kier alpha value is -1.94. The lowest BCUT2D eigenvalue weighted by Gasteiger charge is -2.18. The fourth-order valence-corrected chi connectivity index (χ4v) is 2.38. The van der Waals surface area contributed by atoms with E-state index in [2.05, 4.69) is 5.32 Å². The minimum absolute atomic E-state index is 0.00222. The molecule has 2 rings (SSSR count). The van der Waals surface area contributed by atoms with Gasteiger partial charge in [0.2, 0.25) is 0 Å². The number of likely N-dealkylation sites (N-methyl/N-ethyl adjacent to an activating group) is 1. The molecular formula is C17H19F2NO. The summed E-state index contributed by atoms with van der Waals surface area (Å²) in [6.45, 7) is 0. The lowest BCUT2D eigenvalue weighted by molar-refractivity contribution is 0.405. The SMILES string of the molecule is CNC(Cc1ccccc1OC)Cc1cccc(F)c1F. The summed E-state index contributed by atoms with van der Waals surface area (Å²) in [5, 5.41) is 3.15. The highest BCUT2D eigenvalue weighted by molar-refractivity contribution is 5.34. The molecule has 0 saturated heterocycles. The van der Waals surface area contributed by atoms with Crippen molar-refractivity contribution in [3.8, 4) is 5.75 Å². The van der Waals surface area contributed by atoms with Gasteiger partial charge in [-0.1, -0.05) is 30.3 Å². The van der Waals surface area contributed by atoms with E-state index in [1.807, 2.05) is 31.3 Å². The first-order chi connectivity index (χ1) is 10.2. The molecule has 2 aromatic rings. The van der Waals surface area contributed by atoms with Crippen molar-refractivity contribution in [2.45, 2.75) is 18.9 Å². The monoisotopic (exact) mass is 291 g/mol. The molecule has 2 aromatic carbocycles. The van der Waals surface area contributed by atoms with Gasteiger partial charge in [-0.2, -0.15) is 0 Å². The molecule has 0 fully saturated rings. The predicted molar refractivity (Wildman–Crippen MR) is 79.6 cm³/mol. The topological polar surface area (TPSA) is 21.3 Å². The van der Waals surface area contributed by atoms with E-state index in [-0.39, 0.29) is 6.04 Å². The first kappa shape index (κ1) is 15.4. The highest BCUT2D eigenvalue weighted by atomic mass is 19.2. The van der Waals surface area contributed by atoms with Crippen molar-refractivity contribution in [3.05, 3.63) is 65.2 Å². The van der Waals surface area contributed by atoms with E-state index in [1.165, 1.54) is 6.07 Å². The zero-order valence-corrected chi connectivity index (χ0v) is 12.2. The van der Waals surface area contributed by atoms with Crippen LogP contribution in [0.15, 0.2) is 42.5 Å². The number of para-hydroxylation sites is 1. The summed E-state index contributed by atoms with van der Waals surface area (Å²) in [7, 11) is 3.44. The van der Waals surface area contributed by atoms with E-state index in [0.29, 0.717) is 18.4 Å². The molecule has 1 unspecified atom stereocenters. The van der Waals surface area contributed by atoms with Crippen LogP contribution in [0.2, 0.25) is 0 Å². The maximum absolute atomic E-state index is 13.8. The Labute approximate surface area is 123 Å². The summed E-state index contributed by atoms with van der Waals surface area (Å²) in [5.74, 6) is -0.769. The van der Waals surface area contributed by atoms with Gasteiger partial charge in [0, 0.05) is 6.04 Å². The van der Waals surface area contributed by atoms with Crippen molar-refractivity contribution in [3.63, 3.8) is 0 Å². The standard InChI is InChI=1S/C17H19F2NO/c1-20-14(10-12-6-3-4-9-16(12)21-2)11-13-7-5-8-15(18)17(13)19/h3-9,14,20H,10-11H2,1-2H3. The van der Waals surface area contributed by atoms with Gasteiger partial charge < -0.3 is 10.1 Å². The van der Waals surface area contributed by atoms with Gasteiger partial charge in [0.1, 0.15) is 5.75 Å². The van der Waals surface area contributed by atoms with E-state index in [0.717, 1.165) is 17.4 Å².